The minimum atomic E-state index is 1.19. The number of hydrogen-bond donors (Lipinski definition) is 0. The van der Waals surface area contributed by atoms with Crippen LogP contribution in [0.1, 0.15) is 0 Å². The number of pyridine rings is 4. The van der Waals surface area contributed by atoms with Gasteiger partial charge in [0.25, 0.3) is 22.8 Å². The monoisotopic (exact) mass is 730 g/mol. The Labute approximate surface area is 327 Å². The topological polar surface area (TPSA) is 25.4 Å². The van der Waals surface area contributed by atoms with Crippen LogP contribution in [0, 0.1) is 0 Å². The second-order valence-corrected chi connectivity index (χ2v) is 14.8. The van der Waals surface area contributed by atoms with E-state index in [1.165, 1.54) is 88.6 Å². The Morgan fingerprint density at radius 1 is 0.321 bits per heavy atom. The molecule has 0 bridgehead atoms. The highest BCUT2D eigenvalue weighted by molar-refractivity contribution is 6.10. The predicted octanol–water partition coefficient (Wildman–Crippen LogP) is 8.63. The molecule has 56 heavy (non-hydrogen) atoms. The molecule has 0 aliphatic heterocycles. The molecular formula is C50H46N6+4. The van der Waals surface area contributed by atoms with Gasteiger partial charge >= 0.3 is 0 Å². The number of benzene rings is 4. The minimum Gasteiger partial charge on any atom is -0.344 e. The summed E-state index contributed by atoms with van der Waals surface area (Å²) in [5, 5.41) is 5.22. The zero-order valence-corrected chi connectivity index (χ0v) is 32.8. The van der Waals surface area contributed by atoms with E-state index in [2.05, 4.69) is 240 Å². The van der Waals surface area contributed by atoms with Crippen LogP contribution in [-0.2, 0) is 42.3 Å². The van der Waals surface area contributed by atoms with Crippen LogP contribution in [0.2, 0.25) is 0 Å². The Hall–Kier alpha value is -6.92. The lowest BCUT2D eigenvalue weighted by molar-refractivity contribution is -0.690. The molecule has 6 nitrogen and oxygen atoms in total. The summed E-state index contributed by atoms with van der Waals surface area (Å²) in [6.45, 7) is 0. The van der Waals surface area contributed by atoms with Crippen LogP contribution in [0.5, 0.6) is 0 Å². The molecule has 6 aromatic heterocycles. The Balaban J connectivity index is 0.000000146. The maximum Gasteiger partial charge on any atom is 0.277 e. The summed E-state index contributed by atoms with van der Waals surface area (Å²) in [5.74, 6) is 0. The molecule has 0 aliphatic rings. The second-order valence-electron chi connectivity index (χ2n) is 14.8. The molecule has 10 aromatic rings. The fourth-order valence-electron chi connectivity index (χ4n) is 8.31. The lowest BCUT2D eigenvalue weighted by Gasteiger charge is -2.05. The van der Waals surface area contributed by atoms with Crippen molar-refractivity contribution < 1.29 is 18.3 Å². The zero-order chi connectivity index (χ0) is 38.5. The predicted molar refractivity (Wildman–Crippen MR) is 227 cm³/mol. The summed E-state index contributed by atoms with van der Waals surface area (Å²) in [6.07, 6.45) is 8.53. The molecule has 0 amide bonds. The van der Waals surface area contributed by atoms with Crippen LogP contribution in [-0.4, -0.2) is 9.13 Å². The van der Waals surface area contributed by atoms with Gasteiger partial charge in [-0.25, -0.2) is 0 Å². The molecule has 6 heterocycles. The Bertz CT molecular complexity index is 3110. The maximum atomic E-state index is 2.31. The summed E-state index contributed by atoms with van der Waals surface area (Å²) in [4.78, 5) is 0. The molecule has 0 aliphatic carbocycles. The van der Waals surface area contributed by atoms with Gasteiger partial charge in [-0.05, 0) is 65.2 Å². The van der Waals surface area contributed by atoms with Crippen LogP contribution in [0.3, 0.4) is 0 Å². The van der Waals surface area contributed by atoms with Gasteiger partial charge in [-0.15, -0.1) is 0 Å². The van der Waals surface area contributed by atoms with Gasteiger partial charge in [-0.3, -0.25) is 0 Å². The number of fused-ring (bicyclic) bond motifs is 6. The standard InChI is InChI=1S/2C25H23N3/c1-26-15-7-6-10-24(26)25-14-12-19(17-27(25)2)18-11-13-23-21(16-18)20-8-4-5-9-22(20)28(23)3;1-26-14-7-6-10-23(26)25-17-19(13-15-27(25)2)18-11-12-21-20-8-4-5-9-22(20)28(3)24(21)16-18/h2*4-17H,1-3H3/q2*+2. The van der Waals surface area contributed by atoms with E-state index in [0.29, 0.717) is 0 Å². The molecule has 0 spiro atoms. The van der Waals surface area contributed by atoms with Crippen LogP contribution in [0.25, 0.3) is 88.6 Å². The average Bonchev–Trinajstić information content (AvgIpc) is 3.68. The summed E-state index contributed by atoms with van der Waals surface area (Å²) in [6, 6.07) is 52.2. The first-order valence-electron chi connectivity index (χ1n) is 19.1. The molecule has 0 fully saturated rings. The third-order valence-electron chi connectivity index (χ3n) is 11.4. The van der Waals surface area contributed by atoms with Gasteiger partial charge in [0.2, 0.25) is 0 Å². The van der Waals surface area contributed by atoms with E-state index >= 15 is 0 Å². The third-order valence-corrected chi connectivity index (χ3v) is 11.4. The van der Waals surface area contributed by atoms with Crippen LogP contribution < -0.4 is 18.3 Å². The van der Waals surface area contributed by atoms with E-state index in [4.69, 9.17) is 0 Å². The highest BCUT2D eigenvalue weighted by atomic mass is 15.0. The highest BCUT2D eigenvalue weighted by Crippen LogP contribution is 2.33. The number of rotatable bonds is 4. The molecule has 0 unspecified atom stereocenters. The zero-order valence-electron chi connectivity index (χ0n) is 32.8. The second kappa shape index (κ2) is 14.1. The summed E-state index contributed by atoms with van der Waals surface area (Å²) >= 11 is 0. The Kier molecular flexibility index (Phi) is 8.74. The number of hydrogen-bond acceptors (Lipinski definition) is 0. The van der Waals surface area contributed by atoms with E-state index < -0.39 is 0 Å². The van der Waals surface area contributed by atoms with Gasteiger partial charge in [0.1, 0.15) is 28.2 Å². The van der Waals surface area contributed by atoms with Gasteiger partial charge in [0.05, 0.1) is 0 Å². The van der Waals surface area contributed by atoms with E-state index in [1.807, 2.05) is 0 Å². The molecule has 272 valence electrons. The molecule has 6 heteroatoms. The largest absolute Gasteiger partial charge is 0.344 e. The Morgan fingerprint density at radius 3 is 1.48 bits per heavy atom. The summed E-state index contributed by atoms with van der Waals surface area (Å²) < 4.78 is 13.2. The normalized spacial score (nSPS) is 11.4. The number of nitrogens with zero attached hydrogens (tertiary/aromatic N) is 6. The van der Waals surface area contributed by atoms with E-state index in [0.717, 1.165) is 0 Å². The van der Waals surface area contributed by atoms with Crippen molar-refractivity contribution in [3.63, 3.8) is 0 Å². The minimum absolute atomic E-state index is 1.19. The maximum absolute atomic E-state index is 2.31. The molecule has 0 saturated carbocycles. The fraction of sp³-hybridized carbons (Fsp3) is 0.120. The van der Waals surface area contributed by atoms with Crippen LogP contribution in [0.15, 0.2) is 170 Å². The van der Waals surface area contributed by atoms with Crippen molar-refractivity contribution in [1.29, 1.82) is 0 Å². The van der Waals surface area contributed by atoms with Gasteiger partial charge in [-0.1, -0.05) is 54.6 Å². The lowest BCUT2D eigenvalue weighted by atomic mass is 10.0. The van der Waals surface area contributed by atoms with Crippen molar-refractivity contribution in [3.8, 4) is 45.0 Å². The first kappa shape index (κ1) is 34.8. The molecule has 0 radical (unpaired) electrons. The molecule has 10 rings (SSSR count). The van der Waals surface area contributed by atoms with Crippen molar-refractivity contribution in [1.82, 2.24) is 9.13 Å². The SMILES string of the molecule is Cn1c2ccccc2c2cc(-c3ccc(-c4cccc[n+]4C)[n+](C)c3)ccc21.Cn1c2ccccc2c2ccc(-c3cc[n+](C)c(-c4cccc[n+]4C)c3)cc21. The smallest absolute Gasteiger partial charge is 0.277 e. The van der Waals surface area contributed by atoms with E-state index in [9.17, 15) is 0 Å². The molecule has 4 aromatic carbocycles. The first-order valence-corrected chi connectivity index (χ1v) is 19.1. The van der Waals surface area contributed by atoms with Crippen molar-refractivity contribution in [2.75, 3.05) is 0 Å². The van der Waals surface area contributed by atoms with Gasteiger partial charge in [-0.2, -0.15) is 18.3 Å². The number of para-hydroxylation sites is 2. The van der Waals surface area contributed by atoms with Gasteiger partial charge in [0.15, 0.2) is 24.8 Å². The van der Waals surface area contributed by atoms with E-state index in [-0.39, 0.29) is 0 Å². The van der Waals surface area contributed by atoms with E-state index in [1.54, 1.807) is 0 Å². The van der Waals surface area contributed by atoms with Crippen molar-refractivity contribution in [2.45, 2.75) is 0 Å². The molecule has 0 saturated heterocycles. The molecular weight excluding hydrogens is 685 g/mol. The van der Waals surface area contributed by atoms with Crippen LogP contribution in [0.4, 0.5) is 0 Å². The first-order chi connectivity index (χ1) is 27.3. The van der Waals surface area contributed by atoms with Gasteiger partial charge < -0.3 is 9.13 Å². The molecule has 0 N–H and O–H groups in total. The quantitative estimate of drug-likeness (QED) is 0.162. The average molecular weight is 731 g/mol. The Morgan fingerprint density at radius 2 is 0.804 bits per heavy atom. The van der Waals surface area contributed by atoms with Crippen molar-refractivity contribution in [2.24, 2.45) is 42.3 Å². The summed E-state index contributed by atoms with van der Waals surface area (Å²) in [5.41, 5.74) is 14.8. The third kappa shape index (κ3) is 6.00. The van der Waals surface area contributed by atoms with Crippen molar-refractivity contribution in [3.05, 3.63) is 170 Å². The van der Waals surface area contributed by atoms with Gasteiger partial charge in [0, 0.05) is 106 Å². The van der Waals surface area contributed by atoms with Crippen molar-refractivity contribution >= 4 is 43.6 Å². The fourth-order valence-corrected chi connectivity index (χ4v) is 8.31. The molecule has 0 atom stereocenters. The number of aromatic nitrogens is 6. The van der Waals surface area contributed by atoms with Crippen LogP contribution >= 0.6 is 0 Å². The number of aryl methyl sites for hydroxylation is 6. The summed E-state index contributed by atoms with van der Waals surface area (Å²) in [7, 11) is 12.7. The highest BCUT2D eigenvalue weighted by Gasteiger charge is 2.21. The lowest BCUT2D eigenvalue weighted by Crippen LogP contribution is -2.38.